The molecule has 0 spiro atoms. The first-order valence-electron chi connectivity index (χ1n) is 9.23. The molecule has 3 aromatic carbocycles. The highest BCUT2D eigenvalue weighted by Crippen LogP contribution is 2.25. The van der Waals surface area contributed by atoms with Gasteiger partial charge in [-0.05, 0) is 36.8 Å². The van der Waals surface area contributed by atoms with Crippen LogP contribution in [0, 0.1) is 0 Å². The van der Waals surface area contributed by atoms with Gasteiger partial charge in [-0.2, -0.15) is 0 Å². The van der Waals surface area contributed by atoms with Gasteiger partial charge in [-0.15, -0.1) is 0 Å². The first-order valence-corrected chi connectivity index (χ1v) is 9.23. The number of nitrogens with zero attached hydrogens (tertiary/aromatic N) is 3. The molecular weight excluding hydrogens is 350 g/mol. The second-order valence-corrected chi connectivity index (χ2v) is 6.38. The molecule has 5 nitrogen and oxygen atoms in total. The van der Waals surface area contributed by atoms with E-state index < -0.39 is 0 Å². The van der Waals surface area contributed by atoms with Gasteiger partial charge in [-0.3, -0.25) is 0 Å². The Labute approximate surface area is 163 Å². The number of aromatic nitrogens is 2. The summed E-state index contributed by atoms with van der Waals surface area (Å²) in [5.41, 5.74) is 3.70. The van der Waals surface area contributed by atoms with Crippen molar-refractivity contribution in [3.05, 3.63) is 83.9 Å². The lowest BCUT2D eigenvalue weighted by Crippen LogP contribution is -1.99. The van der Waals surface area contributed by atoms with Crippen LogP contribution in [0.3, 0.4) is 0 Å². The minimum absolute atomic E-state index is 0.125. The molecule has 0 fully saturated rings. The van der Waals surface area contributed by atoms with E-state index in [1.54, 1.807) is 18.3 Å². The monoisotopic (exact) mass is 371 g/mol. The Hall–Kier alpha value is -3.60. The van der Waals surface area contributed by atoms with Gasteiger partial charge in [0.2, 0.25) is 5.95 Å². The summed E-state index contributed by atoms with van der Waals surface area (Å²) < 4.78 is 7.49. The van der Waals surface area contributed by atoms with Crippen molar-refractivity contribution < 1.29 is 9.84 Å². The molecule has 0 atom stereocenters. The van der Waals surface area contributed by atoms with Crippen LogP contribution in [-0.2, 0) is 6.54 Å². The maximum Gasteiger partial charge on any atom is 0.230 e. The number of phenolic OH excluding ortho intramolecular Hbond substituents is 1. The van der Waals surface area contributed by atoms with E-state index in [2.05, 4.69) is 26.7 Å². The van der Waals surface area contributed by atoms with Gasteiger partial charge in [-0.1, -0.05) is 42.5 Å². The number of imidazole rings is 1. The van der Waals surface area contributed by atoms with E-state index in [9.17, 15) is 5.11 Å². The van der Waals surface area contributed by atoms with Crippen molar-refractivity contribution >= 4 is 23.2 Å². The lowest BCUT2D eigenvalue weighted by Gasteiger charge is -2.07. The summed E-state index contributed by atoms with van der Waals surface area (Å²) in [5.74, 6) is 1.35. The van der Waals surface area contributed by atoms with Crippen LogP contribution in [0.4, 0.5) is 5.95 Å². The predicted octanol–water partition coefficient (Wildman–Crippen LogP) is 4.94. The number of rotatable bonds is 6. The van der Waals surface area contributed by atoms with E-state index in [0.29, 0.717) is 30.4 Å². The molecule has 0 saturated carbocycles. The molecule has 0 saturated heterocycles. The molecule has 0 aliphatic carbocycles. The number of hydrogen-bond acceptors (Lipinski definition) is 4. The van der Waals surface area contributed by atoms with Gasteiger partial charge in [0.15, 0.2) is 0 Å². The zero-order valence-corrected chi connectivity index (χ0v) is 15.6. The average molecular weight is 371 g/mol. The number of aliphatic imine (C=N–C) groups is 1. The molecule has 4 aromatic rings. The first kappa shape index (κ1) is 17.8. The van der Waals surface area contributed by atoms with Crippen LogP contribution >= 0.6 is 0 Å². The maximum absolute atomic E-state index is 10.2. The van der Waals surface area contributed by atoms with Crippen molar-refractivity contribution in [3.63, 3.8) is 0 Å². The van der Waals surface area contributed by atoms with Crippen LogP contribution in [0.2, 0.25) is 0 Å². The van der Waals surface area contributed by atoms with Crippen molar-refractivity contribution in [2.24, 2.45) is 4.99 Å². The lowest BCUT2D eigenvalue weighted by atomic mass is 10.2. The Morgan fingerprint density at radius 1 is 1.04 bits per heavy atom. The largest absolute Gasteiger partial charge is 0.507 e. The molecule has 28 heavy (non-hydrogen) atoms. The van der Waals surface area contributed by atoms with Gasteiger partial charge in [0.25, 0.3) is 0 Å². The summed E-state index contributed by atoms with van der Waals surface area (Å²) in [6, 6.07) is 23.4. The minimum Gasteiger partial charge on any atom is -0.507 e. The summed E-state index contributed by atoms with van der Waals surface area (Å²) in [7, 11) is 0. The Balaban J connectivity index is 1.70. The second kappa shape index (κ2) is 7.96. The van der Waals surface area contributed by atoms with Crippen LogP contribution in [0.5, 0.6) is 11.5 Å². The zero-order valence-electron chi connectivity index (χ0n) is 15.6. The molecule has 4 rings (SSSR count). The molecule has 0 amide bonds. The Morgan fingerprint density at radius 3 is 2.61 bits per heavy atom. The Morgan fingerprint density at radius 2 is 1.82 bits per heavy atom. The molecular formula is C23H21N3O2. The number of aromatic hydroxyl groups is 1. The number of ether oxygens (including phenoxy) is 1. The minimum atomic E-state index is 0.125. The summed E-state index contributed by atoms with van der Waals surface area (Å²) in [6.07, 6.45) is 1.63. The van der Waals surface area contributed by atoms with Gasteiger partial charge in [0.05, 0.1) is 24.2 Å². The number of fused-ring (bicyclic) bond motifs is 1. The third-order valence-corrected chi connectivity index (χ3v) is 4.45. The molecule has 1 N–H and O–H groups in total. The standard InChI is InChI=1S/C23H21N3O2/c1-2-28-19-13-12-18(22(27)14-19)15-24-23-25-20-10-6-7-11-21(20)26(23)16-17-8-4-3-5-9-17/h3-15,27H,2,16H2,1H3. The summed E-state index contributed by atoms with van der Waals surface area (Å²) in [5, 5.41) is 10.2. The van der Waals surface area contributed by atoms with E-state index in [0.717, 1.165) is 11.0 Å². The lowest BCUT2D eigenvalue weighted by molar-refractivity contribution is 0.337. The SMILES string of the molecule is CCOc1ccc(C=Nc2nc3ccccc3n2Cc2ccccc2)c(O)c1. The van der Waals surface area contributed by atoms with E-state index >= 15 is 0 Å². The van der Waals surface area contributed by atoms with E-state index in [1.807, 2.05) is 55.5 Å². The summed E-state index contributed by atoms with van der Waals surface area (Å²) in [4.78, 5) is 9.23. The van der Waals surface area contributed by atoms with Gasteiger partial charge in [-0.25, -0.2) is 9.98 Å². The molecule has 0 unspecified atom stereocenters. The van der Waals surface area contributed by atoms with Crippen LogP contribution in [0.15, 0.2) is 77.8 Å². The van der Waals surface area contributed by atoms with Crippen LogP contribution in [0.25, 0.3) is 11.0 Å². The summed E-state index contributed by atoms with van der Waals surface area (Å²) >= 11 is 0. The van der Waals surface area contributed by atoms with Crippen LogP contribution in [0.1, 0.15) is 18.1 Å². The van der Waals surface area contributed by atoms with Gasteiger partial charge >= 0.3 is 0 Å². The first-order chi connectivity index (χ1) is 13.7. The van der Waals surface area contributed by atoms with Crippen LogP contribution < -0.4 is 4.74 Å². The van der Waals surface area contributed by atoms with Crippen molar-refractivity contribution in [1.29, 1.82) is 0 Å². The highest BCUT2D eigenvalue weighted by Gasteiger charge is 2.10. The molecule has 0 bridgehead atoms. The second-order valence-electron chi connectivity index (χ2n) is 6.38. The molecule has 140 valence electrons. The van der Waals surface area contributed by atoms with Crippen molar-refractivity contribution in [2.75, 3.05) is 6.61 Å². The van der Waals surface area contributed by atoms with E-state index in [1.165, 1.54) is 5.56 Å². The Kier molecular flexibility index (Phi) is 5.06. The molecule has 0 radical (unpaired) electrons. The highest BCUT2D eigenvalue weighted by molar-refractivity contribution is 5.86. The number of phenols is 1. The molecule has 0 aliphatic rings. The molecule has 5 heteroatoms. The van der Waals surface area contributed by atoms with Crippen molar-refractivity contribution in [2.45, 2.75) is 13.5 Å². The third kappa shape index (κ3) is 3.74. The predicted molar refractivity (Wildman–Crippen MR) is 112 cm³/mol. The normalized spacial score (nSPS) is 11.3. The number of benzene rings is 3. The molecule has 1 heterocycles. The fraction of sp³-hybridized carbons (Fsp3) is 0.130. The smallest absolute Gasteiger partial charge is 0.230 e. The third-order valence-electron chi connectivity index (χ3n) is 4.45. The average Bonchev–Trinajstić information content (AvgIpc) is 3.06. The molecule has 1 aromatic heterocycles. The fourth-order valence-corrected chi connectivity index (χ4v) is 3.10. The Bertz CT molecular complexity index is 1120. The topological polar surface area (TPSA) is 59.6 Å². The van der Waals surface area contributed by atoms with E-state index in [4.69, 9.17) is 4.74 Å². The number of para-hydroxylation sites is 2. The van der Waals surface area contributed by atoms with Gasteiger partial charge in [0, 0.05) is 17.8 Å². The highest BCUT2D eigenvalue weighted by atomic mass is 16.5. The fourth-order valence-electron chi connectivity index (χ4n) is 3.10. The van der Waals surface area contributed by atoms with Crippen LogP contribution in [-0.4, -0.2) is 27.5 Å². The number of hydrogen-bond donors (Lipinski definition) is 1. The van der Waals surface area contributed by atoms with Crippen molar-refractivity contribution in [1.82, 2.24) is 9.55 Å². The van der Waals surface area contributed by atoms with E-state index in [-0.39, 0.29) is 5.75 Å². The maximum atomic E-state index is 10.2. The quantitative estimate of drug-likeness (QED) is 0.488. The van der Waals surface area contributed by atoms with Gasteiger partial charge in [0.1, 0.15) is 11.5 Å². The zero-order chi connectivity index (χ0) is 19.3. The van der Waals surface area contributed by atoms with Gasteiger partial charge < -0.3 is 14.4 Å². The van der Waals surface area contributed by atoms with Crippen molar-refractivity contribution in [3.8, 4) is 11.5 Å². The summed E-state index contributed by atoms with van der Waals surface area (Å²) in [6.45, 7) is 3.13. The molecule has 0 aliphatic heterocycles.